The third-order valence-electron chi connectivity index (χ3n) is 2.87. The molecule has 1 N–H and O–H groups in total. The SMILES string of the molecule is O=S(=O)(CCc1cccc(Cl)c1)NCc1[c]cc(Cl)cc1. The zero-order valence-electron chi connectivity index (χ0n) is 11.1. The van der Waals surface area contributed by atoms with Crippen LogP contribution in [0.4, 0.5) is 0 Å². The van der Waals surface area contributed by atoms with Crippen LogP contribution in [0.5, 0.6) is 0 Å². The van der Waals surface area contributed by atoms with Gasteiger partial charge in [0.25, 0.3) is 0 Å². The molecule has 1 radical (unpaired) electrons. The second-order valence-electron chi connectivity index (χ2n) is 4.55. The van der Waals surface area contributed by atoms with E-state index in [-0.39, 0.29) is 12.3 Å². The molecule has 3 nitrogen and oxygen atoms in total. The van der Waals surface area contributed by atoms with E-state index in [1.54, 1.807) is 36.4 Å². The molecule has 0 aliphatic rings. The highest BCUT2D eigenvalue weighted by Gasteiger charge is 2.10. The summed E-state index contributed by atoms with van der Waals surface area (Å²) in [6, 6.07) is 15.1. The zero-order chi connectivity index (χ0) is 15.3. The van der Waals surface area contributed by atoms with Crippen molar-refractivity contribution in [3.63, 3.8) is 0 Å². The molecule has 2 aromatic carbocycles. The Labute approximate surface area is 135 Å². The molecule has 0 aromatic heterocycles. The van der Waals surface area contributed by atoms with Gasteiger partial charge in [0.1, 0.15) is 0 Å². The van der Waals surface area contributed by atoms with Crippen LogP contribution in [0.15, 0.2) is 42.5 Å². The highest BCUT2D eigenvalue weighted by atomic mass is 35.5. The van der Waals surface area contributed by atoms with Crippen LogP contribution in [0.1, 0.15) is 11.1 Å². The Morgan fingerprint density at radius 1 is 1.10 bits per heavy atom. The molecule has 6 heteroatoms. The van der Waals surface area contributed by atoms with Crippen molar-refractivity contribution in [3.05, 3.63) is 69.7 Å². The summed E-state index contributed by atoms with van der Waals surface area (Å²) in [5.41, 5.74) is 1.64. The topological polar surface area (TPSA) is 46.2 Å². The summed E-state index contributed by atoms with van der Waals surface area (Å²) in [6.45, 7) is 0.203. The second kappa shape index (κ2) is 7.27. The lowest BCUT2D eigenvalue weighted by Crippen LogP contribution is -2.26. The van der Waals surface area contributed by atoms with Crippen molar-refractivity contribution in [2.24, 2.45) is 0 Å². The summed E-state index contributed by atoms with van der Waals surface area (Å²) in [4.78, 5) is 0. The summed E-state index contributed by atoms with van der Waals surface area (Å²) in [7, 11) is -3.35. The molecule has 0 saturated heterocycles. The maximum atomic E-state index is 11.9. The monoisotopic (exact) mass is 342 g/mol. The molecule has 0 unspecified atom stereocenters. The molecule has 0 amide bonds. The lowest BCUT2D eigenvalue weighted by Gasteiger charge is -2.07. The minimum absolute atomic E-state index is 0.0148. The molecule has 0 heterocycles. The van der Waals surface area contributed by atoms with Gasteiger partial charge in [-0.3, -0.25) is 0 Å². The van der Waals surface area contributed by atoms with Gasteiger partial charge in [0.05, 0.1) is 5.75 Å². The number of sulfonamides is 1. The van der Waals surface area contributed by atoms with Crippen molar-refractivity contribution >= 4 is 33.2 Å². The van der Waals surface area contributed by atoms with Gasteiger partial charge in [-0.05, 0) is 47.9 Å². The van der Waals surface area contributed by atoms with E-state index in [9.17, 15) is 8.42 Å². The molecule has 0 atom stereocenters. The average Bonchev–Trinajstić information content (AvgIpc) is 2.45. The zero-order valence-corrected chi connectivity index (χ0v) is 13.5. The number of halogens is 2. The molecule has 2 aromatic rings. The van der Waals surface area contributed by atoms with Gasteiger partial charge >= 0.3 is 0 Å². The molecule has 2 rings (SSSR count). The van der Waals surface area contributed by atoms with Gasteiger partial charge in [0, 0.05) is 16.6 Å². The van der Waals surface area contributed by atoms with Gasteiger partial charge in [-0.1, -0.05) is 41.4 Å². The van der Waals surface area contributed by atoms with Crippen molar-refractivity contribution < 1.29 is 8.42 Å². The minimum atomic E-state index is -3.35. The van der Waals surface area contributed by atoms with Crippen molar-refractivity contribution in [1.29, 1.82) is 0 Å². The third kappa shape index (κ3) is 5.67. The normalized spacial score (nSPS) is 11.5. The van der Waals surface area contributed by atoms with Crippen molar-refractivity contribution in [2.75, 3.05) is 5.75 Å². The predicted molar refractivity (Wildman–Crippen MR) is 86.1 cm³/mol. The number of benzene rings is 2. The molecule has 0 fully saturated rings. The molecule has 0 bridgehead atoms. The van der Waals surface area contributed by atoms with Crippen LogP contribution < -0.4 is 4.72 Å². The smallest absolute Gasteiger partial charge is 0.212 e. The van der Waals surface area contributed by atoms with Gasteiger partial charge in [0.15, 0.2) is 0 Å². The Morgan fingerprint density at radius 2 is 1.90 bits per heavy atom. The van der Waals surface area contributed by atoms with E-state index in [1.807, 2.05) is 6.07 Å². The van der Waals surface area contributed by atoms with E-state index >= 15 is 0 Å². The van der Waals surface area contributed by atoms with Crippen molar-refractivity contribution in [2.45, 2.75) is 13.0 Å². The molecule has 0 spiro atoms. The minimum Gasteiger partial charge on any atom is -0.212 e. The summed E-state index contributed by atoms with van der Waals surface area (Å²) in [6.07, 6.45) is 0.417. The highest BCUT2D eigenvalue weighted by molar-refractivity contribution is 7.89. The lowest BCUT2D eigenvalue weighted by atomic mass is 10.2. The van der Waals surface area contributed by atoms with Crippen LogP contribution >= 0.6 is 23.2 Å². The summed E-state index contributed by atoms with van der Waals surface area (Å²) in [5.74, 6) is 0.0148. The first kappa shape index (κ1) is 16.3. The maximum absolute atomic E-state index is 11.9. The highest BCUT2D eigenvalue weighted by Crippen LogP contribution is 2.12. The fourth-order valence-electron chi connectivity index (χ4n) is 1.75. The standard InChI is InChI=1S/C15H14Cl2NO2S/c16-14-6-4-13(5-7-14)11-18-21(19,20)9-8-12-2-1-3-15(17)10-12/h1-4,6-7,10,18H,8-9,11H2. The number of hydrogen-bond acceptors (Lipinski definition) is 2. The number of aryl methyl sites for hydroxylation is 1. The van der Waals surface area contributed by atoms with Crippen molar-refractivity contribution in [1.82, 2.24) is 4.72 Å². The quantitative estimate of drug-likeness (QED) is 0.873. The van der Waals surface area contributed by atoms with E-state index in [1.165, 1.54) is 0 Å². The van der Waals surface area contributed by atoms with Crippen LogP contribution in [-0.4, -0.2) is 14.2 Å². The van der Waals surface area contributed by atoms with Gasteiger partial charge < -0.3 is 0 Å². The van der Waals surface area contributed by atoms with Crippen LogP contribution in [0.25, 0.3) is 0 Å². The lowest BCUT2D eigenvalue weighted by molar-refractivity contribution is 0.580. The van der Waals surface area contributed by atoms with Gasteiger partial charge in [-0.15, -0.1) is 0 Å². The fourth-order valence-corrected chi connectivity index (χ4v) is 3.11. The van der Waals surface area contributed by atoms with Gasteiger partial charge in [-0.2, -0.15) is 0 Å². The van der Waals surface area contributed by atoms with E-state index in [2.05, 4.69) is 10.8 Å². The van der Waals surface area contributed by atoms with E-state index < -0.39 is 10.0 Å². The second-order valence-corrected chi connectivity index (χ2v) is 7.35. The summed E-state index contributed by atoms with van der Waals surface area (Å²) < 4.78 is 26.4. The van der Waals surface area contributed by atoms with E-state index in [0.717, 1.165) is 11.1 Å². The van der Waals surface area contributed by atoms with Gasteiger partial charge in [-0.25, -0.2) is 13.1 Å². The largest absolute Gasteiger partial charge is 0.212 e. The molecule has 0 aliphatic heterocycles. The molecule has 0 saturated carbocycles. The summed E-state index contributed by atoms with van der Waals surface area (Å²) in [5, 5.41) is 1.18. The maximum Gasteiger partial charge on any atom is 0.212 e. The van der Waals surface area contributed by atoms with E-state index in [4.69, 9.17) is 23.2 Å². The van der Waals surface area contributed by atoms with Gasteiger partial charge in [0.2, 0.25) is 10.0 Å². The fraction of sp³-hybridized carbons (Fsp3) is 0.200. The Hall–Kier alpha value is -1.07. The number of hydrogen-bond donors (Lipinski definition) is 1. The Morgan fingerprint density at radius 3 is 2.57 bits per heavy atom. The molecule has 0 aliphatic carbocycles. The number of nitrogens with one attached hydrogen (secondary N) is 1. The van der Waals surface area contributed by atoms with Crippen LogP contribution in [0, 0.1) is 6.07 Å². The molecule has 21 heavy (non-hydrogen) atoms. The molecule has 111 valence electrons. The Kier molecular flexibility index (Phi) is 5.65. The first-order chi connectivity index (χ1) is 9.94. The first-order valence-electron chi connectivity index (χ1n) is 6.32. The van der Waals surface area contributed by atoms with Crippen molar-refractivity contribution in [3.8, 4) is 0 Å². The average molecular weight is 343 g/mol. The Bertz CT molecular complexity index is 700. The third-order valence-corrected chi connectivity index (χ3v) is 4.67. The Balaban J connectivity index is 1.88. The molecular weight excluding hydrogens is 329 g/mol. The van der Waals surface area contributed by atoms with Crippen LogP contribution in [0.3, 0.4) is 0 Å². The summed E-state index contributed by atoms with van der Waals surface area (Å²) >= 11 is 11.6. The van der Waals surface area contributed by atoms with E-state index in [0.29, 0.717) is 16.5 Å². The van der Waals surface area contributed by atoms with Crippen LogP contribution in [-0.2, 0) is 23.0 Å². The predicted octanol–water partition coefficient (Wildman–Crippen LogP) is 3.46. The number of rotatable bonds is 6. The molecular formula is C15H14Cl2NO2S. The van der Waals surface area contributed by atoms with Crippen LogP contribution in [0.2, 0.25) is 10.0 Å². The first-order valence-corrected chi connectivity index (χ1v) is 8.73.